The van der Waals surface area contributed by atoms with Crippen LogP contribution in [0, 0.1) is 11.8 Å². The molecule has 1 N–H and O–H groups in total. The quantitative estimate of drug-likeness (QED) is 0.825. The molecule has 0 aliphatic heterocycles. The first-order valence-electron chi connectivity index (χ1n) is 7.39. The van der Waals surface area contributed by atoms with E-state index in [9.17, 15) is 0 Å². The Kier molecular flexibility index (Phi) is 5.98. The van der Waals surface area contributed by atoms with E-state index in [1.54, 1.807) is 6.33 Å². The number of nitrogens with zero attached hydrogens (tertiary/aromatic N) is 3. The number of rotatable bonds is 7. The first kappa shape index (κ1) is 16.2. The number of nitrogens with one attached hydrogen (secondary N) is 1. The number of hydrogen-bond donors (Lipinski definition) is 1. The van der Waals surface area contributed by atoms with Crippen molar-refractivity contribution in [3.63, 3.8) is 0 Å². The summed E-state index contributed by atoms with van der Waals surface area (Å²) in [6, 6.07) is 0. The van der Waals surface area contributed by atoms with Crippen LogP contribution in [-0.2, 0) is 13.0 Å². The Morgan fingerprint density at radius 3 is 2.53 bits per heavy atom. The van der Waals surface area contributed by atoms with Gasteiger partial charge < -0.3 is 5.32 Å². The lowest BCUT2D eigenvalue weighted by Crippen LogP contribution is -2.37. The van der Waals surface area contributed by atoms with Crippen molar-refractivity contribution in [2.24, 2.45) is 11.8 Å². The van der Waals surface area contributed by atoms with Gasteiger partial charge in [0.2, 0.25) is 0 Å². The molecule has 1 heterocycles. The molecule has 0 aromatic carbocycles. The van der Waals surface area contributed by atoms with E-state index in [2.05, 4.69) is 61.6 Å². The van der Waals surface area contributed by atoms with Crippen LogP contribution in [0.15, 0.2) is 6.33 Å². The number of hydrogen-bond acceptors (Lipinski definition) is 3. The molecule has 1 rings (SSSR count). The van der Waals surface area contributed by atoms with Gasteiger partial charge in [0.1, 0.15) is 12.2 Å². The van der Waals surface area contributed by atoms with Crippen LogP contribution in [0.2, 0.25) is 0 Å². The lowest BCUT2D eigenvalue weighted by molar-refractivity contribution is 0.385. The first-order chi connectivity index (χ1) is 8.78. The smallest absolute Gasteiger partial charge is 0.138 e. The second-order valence-electron chi connectivity index (χ2n) is 7.03. The predicted octanol–water partition coefficient (Wildman–Crippen LogP) is 2.89. The molecule has 19 heavy (non-hydrogen) atoms. The van der Waals surface area contributed by atoms with E-state index >= 15 is 0 Å². The molecule has 0 spiro atoms. The highest BCUT2D eigenvalue weighted by Crippen LogP contribution is 2.11. The summed E-state index contributed by atoms with van der Waals surface area (Å²) in [5.74, 6) is 2.36. The van der Waals surface area contributed by atoms with Crippen LogP contribution < -0.4 is 5.32 Å². The highest BCUT2D eigenvalue weighted by atomic mass is 15.3. The summed E-state index contributed by atoms with van der Waals surface area (Å²) in [5, 5.41) is 7.86. The highest BCUT2D eigenvalue weighted by Gasteiger charge is 2.13. The predicted molar refractivity (Wildman–Crippen MR) is 80.1 cm³/mol. The van der Waals surface area contributed by atoms with Crippen molar-refractivity contribution in [2.45, 2.75) is 66.5 Å². The van der Waals surface area contributed by atoms with Crippen LogP contribution in [0.3, 0.4) is 0 Å². The highest BCUT2D eigenvalue weighted by molar-refractivity contribution is 4.87. The van der Waals surface area contributed by atoms with Crippen LogP contribution in [0.1, 0.15) is 53.8 Å². The molecule has 0 saturated carbocycles. The Bertz CT molecular complexity index is 362. The molecule has 0 aliphatic rings. The lowest BCUT2D eigenvalue weighted by Gasteiger charge is -2.22. The molecule has 0 amide bonds. The third kappa shape index (κ3) is 6.71. The normalized spacial score (nSPS) is 14.1. The third-order valence-electron chi connectivity index (χ3n) is 3.06. The van der Waals surface area contributed by atoms with Crippen LogP contribution in [0.4, 0.5) is 0 Å². The molecule has 1 aromatic heterocycles. The molecule has 4 nitrogen and oxygen atoms in total. The van der Waals surface area contributed by atoms with E-state index in [1.807, 2.05) is 0 Å². The van der Waals surface area contributed by atoms with Gasteiger partial charge in [-0.1, -0.05) is 20.8 Å². The summed E-state index contributed by atoms with van der Waals surface area (Å²) in [5.41, 5.74) is 0.206. The van der Waals surface area contributed by atoms with Crippen LogP contribution in [-0.4, -0.2) is 26.8 Å². The van der Waals surface area contributed by atoms with Gasteiger partial charge in [0.25, 0.3) is 0 Å². The Balaban J connectivity index is 2.40. The van der Waals surface area contributed by atoms with E-state index < -0.39 is 0 Å². The topological polar surface area (TPSA) is 42.7 Å². The Hall–Kier alpha value is -0.900. The maximum Gasteiger partial charge on any atom is 0.138 e. The summed E-state index contributed by atoms with van der Waals surface area (Å²) >= 11 is 0. The zero-order valence-electron chi connectivity index (χ0n) is 13.4. The fraction of sp³-hybridized carbons (Fsp3) is 0.867. The maximum absolute atomic E-state index is 4.40. The zero-order chi connectivity index (χ0) is 14.5. The molecular formula is C15H30N4. The Morgan fingerprint density at radius 2 is 1.95 bits per heavy atom. The lowest BCUT2D eigenvalue weighted by atomic mass is 10.0. The van der Waals surface area contributed by atoms with Gasteiger partial charge in [-0.2, -0.15) is 5.10 Å². The third-order valence-corrected chi connectivity index (χ3v) is 3.06. The van der Waals surface area contributed by atoms with Crippen molar-refractivity contribution in [3.8, 4) is 0 Å². The van der Waals surface area contributed by atoms with Gasteiger partial charge in [0.05, 0.1) is 0 Å². The van der Waals surface area contributed by atoms with Gasteiger partial charge in [-0.05, 0) is 45.6 Å². The second kappa shape index (κ2) is 7.04. The van der Waals surface area contributed by atoms with Crippen LogP contribution in [0.5, 0.6) is 0 Å². The number of aromatic nitrogens is 3. The minimum absolute atomic E-state index is 0.206. The molecule has 4 heteroatoms. The average molecular weight is 266 g/mol. The van der Waals surface area contributed by atoms with Gasteiger partial charge in [-0.25, -0.2) is 9.67 Å². The summed E-state index contributed by atoms with van der Waals surface area (Å²) in [4.78, 5) is 4.40. The van der Waals surface area contributed by atoms with Gasteiger partial charge in [-0.3, -0.25) is 0 Å². The van der Waals surface area contributed by atoms with Crippen molar-refractivity contribution in [3.05, 3.63) is 12.2 Å². The van der Waals surface area contributed by atoms with Crippen molar-refractivity contribution < 1.29 is 0 Å². The van der Waals surface area contributed by atoms with Gasteiger partial charge in [0, 0.05) is 18.5 Å². The van der Waals surface area contributed by atoms with Gasteiger partial charge in [-0.15, -0.1) is 0 Å². The molecular weight excluding hydrogens is 236 g/mol. The van der Waals surface area contributed by atoms with E-state index in [1.165, 1.54) is 6.42 Å². The average Bonchev–Trinajstić information content (AvgIpc) is 2.62. The van der Waals surface area contributed by atoms with Crippen molar-refractivity contribution >= 4 is 0 Å². The van der Waals surface area contributed by atoms with Gasteiger partial charge >= 0.3 is 0 Å². The fourth-order valence-electron chi connectivity index (χ4n) is 2.05. The Morgan fingerprint density at radius 1 is 1.26 bits per heavy atom. The van der Waals surface area contributed by atoms with E-state index in [0.29, 0.717) is 11.8 Å². The summed E-state index contributed by atoms with van der Waals surface area (Å²) in [6.45, 7) is 15.3. The van der Waals surface area contributed by atoms with Crippen molar-refractivity contribution in [2.75, 3.05) is 6.54 Å². The van der Waals surface area contributed by atoms with Crippen molar-refractivity contribution in [1.82, 2.24) is 20.1 Å². The SMILES string of the molecule is CC(C)Cn1ncnc1CC(C)CCNC(C)(C)C. The molecule has 1 aromatic rings. The minimum atomic E-state index is 0.206. The standard InChI is InChI=1S/C15H30N4/c1-12(2)10-19-14(16-11-18-19)9-13(3)7-8-17-15(4,5)6/h11-13,17H,7-10H2,1-6H3. The Labute approximate surface area is 118 Å². The molecule has 1 atom stereocenters. The van der Waals surface area contributed by atoms with Crippen LogP contribution in [0.25, 0.3) is 0 Å². The molecule has 0 saturated heterocycles. The second-order valence-corrected chi connectivity index (χ2v) is 7.03. The van der Waals surface area contributed by atoms with E-state index in [-0.39, 0.29) is 5.54 Å². The first-order valence-corrected chi connectivity index (χ1v) is 7.39. The van der Waals surface area contributed by atoms with Crippen molar-refractivity contribution in [1.29, 1.82) is 0 Å². The molecule has 0 radical (unpaired) electrons. The van der Waals surface area contributed by atoms with E-state index in [4.69, 9.17) is 0 Å². The molecule has 0 aliphatic carbocycles. The largest absolute Gasteiger partial charge is 0.312 e. The van der Waals surface area contributed by atoms with E-state index in [0.717, 1.165) is 25.3 Å². The summed E-state index contributed by atoms with van der Waals surface area (Å²) in [7, 11) is 0. The maximum atomic E-state index is 4.40. The fourth-order valence-corrected chi connectivity index (χ4v) is 2.05. The van der Waals surface area contributed by atoms with Crippen LogP contribution >= 0.6 is 0 Å². The summed E-state index contributed by atoms with van der Waals surface area (Å²) in [6.07, 6.45) is 3.86. The monoisotopic (exact) mass is 266 g/mol. The zero-order valence-corrected chi connectivity index (χ0v) is 13.4. The molecule has 1 unspecified atom stereocenters. The molecule has 110 valence electrons. The minimum Gasteiger partial charge on any atom is -0.312 e. The summed E-state index contributed by atoms with van der Waals surface area (Å²) < 4.78 is 2.05. The van der Waals surface area contributed by atoms with Gasteiger partial charge in [0.15, 0.2) is 0 Å². The molecule has 0 bridgehead atoms. The molecule has 0 fully saturated rings.